The van der Waals surface area contributed by atoms with Crippen molar-refractivity contribution in [3.05, 3.63) is 79.0 Å². The largest absolute Gasteiger partial charge is 0.414 e. The van der Waals surface area contributed by atoms with Crippen LogP contribution in [0.1, 0.15) is 0 Å². The molecule has 0 aliphatic carbocycles. The lowest BCUT2D eigenvalue weighted by atomic mass is 10.0. The molecule has 1 aromatic heterocycles. The van der Waals surface area contributed by atoms with E-state index in [2.05, 4.69) is 10.3 Å². The lowest BCUT2D eigenvalue weighted by Gasteiger charge is -2.06. The minimum atomic E-state index is -0.855. The van der Waals surface area contributed by atoms with E-state index < -0.39 is 5.43 Å². The van der Waals surface area contributed by atoms with Gasteiger partial charge in [-0.3, -0.25) is 0 Å². The van der Waals surface area contributed by atoms with Crippen LogP contribution in [0.15, 0.2) is 79.0 Å². The van der Waals surface area contributed by atoms with Crippen LogP contribution in [0.4, 0.5) is 21.3 Å². The molecule has 0 bridgehead atoms. The van der Waals surface area contributed by atoms with Crippen molar-refractivity contribution in [2.45, 2.75) is 0 Å². The van der Waals surface area contributed by atoms with E-state index in [1.165, 1.54) is 0 Å². The van der Waals surface area contributed by atoms with Gasteiger partial charge in [0.1, 0.15) is 5.75 Å². The summed E-state index contributed by atoms with van der Waals surface area (Å²) in [6.45, 7) is 0. The van der Waals surface area contributed by atoms with E-state index >= 15 is 0 Å². The molecule has 1 heterocycles. The van der Waals surface area contributed by atoms with Gasteiger partial charge in [-0.2, -0.15) is 0 Å². The number of nitrogens with two attached hydrogens (primary N) is 1. The molecule has 0 atom stereocenters. The number of carbonyl (C=O) groups excluding carboxylic acids is 1. The number of nitrogens with one attached hydrogen (secondary N) is 1. The Kier molecular flexibility index (Phi) is 5.46. The van der Waals surface area contributed by atoms with Gasteiger partial charge in [0.05, 0.1) is 4.88 Å². The number of benzene rings is 3. The predicted octanol–water partition coefficient (Wildman–Crippen LogP) is 6.54. The first-order valence-corrected chi connectivity index (χ1v) is 9.93. The van der Waals surface area contributed by atoms with E-state index in [1.807, 2.05) is 66.9 Å². The molecule has 3 N–H and O–H groups in total. The molecule has 0 unspecified atom stereocenters. The second kappa shape index (κ2) is 8.34. The highest BCUT2D eigenvalue weighted by Crippen LogP contribution is 2.32. The normalized spacial score (nSPS) is 10.5. The van der Waals surface area contributed by atoms with Gasteiger partial charge < -0.3 is 15.8 Å². The number of aromatic nitrogens is 1. The Morgan fingerprint density at radius 1 is 0.966 bits per heavy atom. The minimum Gasteiger partial charge on any atom is -0.414 e. The van der Waals surface area contributed by atoms with Crippen LogP contribution in [0.25, 0.3) is 21.6 Å². The van der Waals surface area contributed by atoms with E-state index in [9.17, 15) is 4.79 Å². The Hall–Kier alpha value is -3.35. The van der Waals surface area contributed by atoms with Gasteiger partial charge in [-0.25, -0.2) is 9.78 Å². The highest BCUT2D eigenvalue weighted by atomic mass is 35.5. The van der Waals surface area contributed by atoms with Gasteiger partial charge in [0, 0.05) is 29.2 Å². The second-order valence-corrected chi connectivity index (χ2v) is 7.56. The molecule has 0 amide bonds. The van der Waals surface area contributed by atoms with E-state index in [1.54, 1.807) is 23.5 Å². The number of thiazole rings is 1. The number of anilines is 3. The third-order valence-electron chi connectivity index (χ3n) is 4.20. The van der Waals surface area contributed by atoms with E-state index in [-0.39, 0.29) is 0 Å². The van der Waals surface area contributed by atoms with Crippen molar-refractivity contribution in [1.29, 1.82) is 0 Å². The lowest BCUT2D eigenvalue weighted by Crippen LogP contribution is -1.95. The summed E-state index contributed by atoms with van der Waals surface area (Å²) in [5, 5.41) is 4.09. The Bertz CT molecular complexity index is 1140. The summed E-state index contributed by atoms with van der Waals surface area (Å²) in [6, 6.07) is 22.9. The van der Waals surface area contributed by atoms with Crippen LogP contribution in [-0.4, -0.2) is 10.4 Å². The highest BCUT2D eigenvalue weighted by molar-refractivity contribution is 7.18. The summed E-state index contributed by atoms with van der Waals surface area (Å²) in [4.78, 5) is 16.4. The van der Waals surface area contributed by atoms with Crippen molar-refractivity contribution in [3.63, 3.8) is 0 Å². The Labute approximate surface area is 176 Å². The van der Waals surface area contributed by atoms with Gasteiger partial charge in [-0.05, 0) is 53.1 Å². The smallest absolute Gasteiger partial charge is 0.409 e. The average molecular weight is 422 g/mol. The minimum absolute atomic E-state index is 0.410. The Morgan fingerprint density at radius 3 is 2.41 bits per heavy atom. The maximum atomic E-state index is 10.9. The maximum absolute atomic E-state index is 10.9. The van der Waals surface area contributed by atoms with Crippen LogP contribution in [0, 0.1) is 0 Å². The summed E-state index contributed by atoms with van der Waals surface area (Å²) < 4.78 is 4.93. The topological polar surface area (TPSA) is 77.2 Å². The Morgan fingerprint density at radius 2 is 1.69 bits per heavy atom. The van der Waals surface area contributed by atoms with Gasteiger partial charge in [-0.15, -0.1) is 0 Å². The Balaban J connectivity index is 1.50. The van der Waals surface area contributed by atoms with Gasteiger partial charge in [0.25, 0.3) is 0 Å². The van der Waals surface area contributed by atoms with E-state index in [4.69, 9.17) is 22.1 Å². The quantitative estimate of drug-likeness (QED) is 0.282. The van der Waals surface area contributed by atoms with Crippen molar-refractivity contribution in [2.75, 3.05) is 11.1 Å². The van der Waals surface area contributed by atoms with Crippen molar-refractivity contribution in [3.8, 4) is 27.3 Å². The predicted molar refractivity (Wildman–Crippen MR) is 119 cm³/mol. The van der Waals surface area contributed by atoms with Crippen LogP contribution < -0.4 is 15.8 Å². The zero-order chi connectivity index (χ0) is 20.2. The molecule has 3 aromatic carbocycles. The van der Waals surface area contributed by atoms with Gasteiger partial charge in [-0.1, -0.05) is 47.7 Å². The fraction of sp³-hybridized carbons (Fsp3) is 0. The molecular formula is C22H16ClN3O2S. The van der Waals surface area contributed by atoms with Gasteiger partial charge in [0.2, 0.25) is 0 Å². The molecular weight excluding hydrogens is 406 g/mol. The van der Waals surface area contributed by atoms with E-state index in [0.717, 1.165) is 38.1 Å². The first kappa shape index (κ1) is 19.0. The van der Waals surface area contributed by atoms with Crippen LogP contribution in [0.3, 0.4) is 0 Å². The molecule has 0 fully saturated rings. The first-order chi connectivity index (χ1) is 14.1. The molecule has 0 radical (unpaired) electrons. The zero-order valence-electron chi connectivity index (χ0n) is 15.1. The van der Waals surface area contributed by atoms with Crippen molar-refractivity contribution in [1.82, 2.24) is 4.98 Å². The van der Waals surface area contributed by atoms with Crippen LogP contribution in [0.2, 0.25) is 0 Å². The summed E-state index contributed by atoms with van der Waals surface area (Å²) in [6.07, 6.45) is 1.85. The molecule has 7 heteroatoms. The van der Waals surface area contributed by atoms with Crippen LogP contribution >= 0.6 is 22.9 Å². The molecule has 4 rings (SSSR count). The summed E-state index contributed by atoms with van der Waals surface area (Å²) in [5.41, 5.74) is 9.53. The third-order valence-corrected chi connectivity index (χ3v) is 5.24. The number of hydrogen-bond donors (Lipinski definition) is 2. The molecule has 0 spiro atoms. The van der Waals surface area contributed by atoms with Gasteiger partial charge >= 0.3 is 5.43 Å². The fourth-order valence-corrected chi connectivity index (χ4v) is 3.75. The monoisotopic (exact) mass is 421 g/mol. The molecule has 0 aliphatic heterocycles. The lowest BCUT2D eigenvalue weighted by molar-refractivity contribution is 0.225. The highest BCUT2D eigenvalue weighted by Gasteiger charge is 2.07. The fourth-order valence-electron chi connectivity index (χ4n) is 2.81. The maximum Gasteiger partial charge on any atom is 0.409 e. The molecule has 0 saturated heterocycles. The number of carbonyl (C=O) groups is 1. The van der Waals surface area contributed by atoms with Crippen LogP contribution in [-0.2, 0) is 0 Å². The molecule has 0 saturated carbocycles. The third kappa shape index (κ3) is 4.74. The number of rotatable bonds is 5. The second-order valence-electron chi connectivity index (χ2n) is 6.22. The number of halogens is 1. The van der Waals surface area contributed by atoms with Crippen molar-refractivity contribution in [2.24, 2.45) is 0 Å². The number of nitrogens with zero attached hydrogens (tertiary/aromatic N) is 1. The standard InChI is InChI=1S/C22H16ClN3O2S/c23-21(27)28-19-3-1-2-16(12-19)14-4-6-15(7-5-14)20-13-25-22(29-20)26-18-10-8-17(24)9-11-18/h1-13H,24H2,(H,25,26). The molecule has 29 heavy (non-hydrogen) atoms. The number of nitrogen functional groups attached to an aromatic ring is 1. The summed E-state index contributed by atoms with van der Waals surface area (Å²) in [5.74, 6) is 0.410. The number of hydrogen-bond acceptors (Lipinski definition) is 6. The SMILES string of the molecule is Nc1ccc(Nc2ncc(-c3ccc(-c4cccc(OC(=O)Cl)c4)cc3)s2)cc1. The summed E-state index contributed by atoms with van der Waals surface area (Å²) in [7, 11) is 0. The zero-order valence-corrected chi connectivity index (χ0v) is 16.7. The van der Waals surface area contributed by atoms with Crippen molar-refractivity contribution < 1.29 is 9.53 Å². The molecule has 4 aromatic rings. The molecule has 5 nitrogen and oxygen atoms in total. The number of ether oxygens (including phenoxy) is 1. The van der Waals surface area contributed by atoms with Crippen LogP contribution in [0.5, 0.6) is 5.75 Å². The summed E-state index contributed by atoms with van der Waals surface area (Å²) >= 11 is 6.85. The van der Waals surface area contributed by atoms with Crippen molar-refractivity contribution >= 4 is 44.9 Å². The van der Waals surface area contributed by atoms with E-state index in [0.29, 0.717) is 5.75 Å². The molecule has 0 aliphatic rings. The first-order valence-electron chi connectivity index (χ1n) is 8.73. The average Bonchev–Trinajstić information content (AvgIpc) is 3.18. The molecule has 144 valence electrons. The van der Waals surface area contributed by atoms with Gasteiger partial charge in [0.15, 0.2) is 5.13 Å².